The molecule has 4 aliphatic rings. The molecule has 0 N–H and O–H groups in total. The van der Waals surface area contributed by atoms with Crippen molar-refractivity contribution in [2.75, 3.05) is 0 Å². The van der Waals surface area contributed by atoms with Crippen LogP contribution >= 0.6 is 0 Å². The summed E-state index contributed by atoms with van der Waals surface area (Å²) in [6, 6.07) is 15.4. The minimum absolute atomic E-state index is 0.163. The van der Waals surface area contributed by atoms with Gasteiger partial charge in [-0.25, -0.2) is 0 Å². The molecule has 6 rings (SSSR count). The van der Waals surface area contributed by atoms with E-state index < -0.39 is 21.3 Å². The minimum atomic E-state index is -2.31. The van der Waals surface area contributed by atoms with Gasteiger partial charge >= 0.3 is 254 Å². The van der Waals surface area contributed by atoms with E-state index in [0.29, 0.717) is 3.63 Å². The predicted molar refractivity (Wildman–Crippen MR) is 171 cm³/mol. The number of hydrogen-bond donors (Lipinski definition) is 0. The molecule has 0 saturated heterocycles. The van der Waals surface area contributed by atoms with E-state index >= 15 is 0 Å². The second-order valence-corrected chi connectivity index (χ2v) is 21.9. The Hall–Kier alpha value is -1.33. The van der Waals surface area contributed by atoms with E-state index in [-0.39, 0.29) is 10.8 Å². The Labute approximate surface area is 252 Å². The molecule has 0 atom stereocenters. The van der Waals surface area contributed by atoms with Gasteiger partial charge in [-0.05, 0) is 0 Å². The Morgan fingerprint density at radius 1 is 0.650 bits per heavy atom. The van der Waals surface area contributed by atoms with Crippen LogP contribution in [0.3, 0.4) is 0 Å². The van der Waals surface area contributed by atoms with Crippen LogP contribution in [-0.4, -0.2) is 3.21 Å². The molecule has 0 radical (unpaired) electrons. The van der Waals surface area contributed by atoms with Gasteiger partial charge in [-0.1, -0.05) is 0 Å². The second kappa shape index (κ2) is 11.4. The molecule has 2 saturated carbocycles. The fourth-order valence-corrected chi connectivity index (χ4v) is 18.8. The Kier molecular flexibility index (Phi) is 8.20. The third kappa shape index (κ3) is 5.55. The van der Waals surface area contributed by atoms with Crippen molar-refractivity contribution in [3.05, 3.63) is 80.2 Å². The van der Waals surface area contributed by atoms with Gasteiger partial charge in [-0.15, -0.1) is 0 Å². The van der Waals surface area contributed by atoms with Crippen LogP contribution in [0, 0.1) is 11.8 Å². The van der Waals surface area contributed by atoms with Gasteiger partial charge in [0.05, 0.1) is 0 Å². The van der Waals surface area contributed by atoms with Gasteiger partial charge < -0.3 is 0 Å². The van der Waals surface area contributed by atoms with E-state index in [9.17, 15) is 0 Å². The summed E-state index contributed by atoms with van der Waals surface area (Å²) in [6.45, 7) is 14.3. The van der Waals surface area contributed by atoms with Crippen molar-refractivity contribution in [3.63, 3.8) is 0 Å². The molecule has 2 aromatic rings. The topological polar surface area (TPSA) is 0 Å². The van der Waals surface area contributed by atoms with Crippen molar-refractivity contribution >= 4 is 3.21 Å². The van der Waals surface area contributed by atoms with Gasteiger partial charge in [0.2, 0.25) is 0 Å². The SMILES string of the molecule is CC(C)(C)c1ccc2c(c1)-c1cc(C(C)(C)C)ccc1[CH]2[Zr]([C]1=CC=CC1)=[C](C1CCCCC1)C1CCCCC1. The molecule has 0 unspecified atom stereocenters. The van der Waals surface area contributed by atoms with Gasteiger partial charge in [0, 0.05) is 0 Å². The molecule has 0 aromatic heterocycles. The monoisotopic (exact) mass is 610 g/mol. The molecule has 0 aliphatic heterocycles. The summed E-state index contributed by atoms with van der Waals surface area (Å²) in [5.74, 6) is 1.78. The molecular weight excluding hydrogens is 560 g/mol. The molecule has 0 bridgehead atoms. The van der Waals surface area contributed by atoms with Crippen molar-refractivity contribution in [2.45, 2.75) is 127 Å². The summed E-state index contributed by atoms with van der Waals surface area (Å²) in [7, 11) is 0. The Morgan fingerprint density at radius 3 is 1.52 bits per heavy atom. The first-order chi connectivity index (χ1) is 19.1. The molecule has 212 valence electrons. The second-order valence-electron chi connectivity index (χ2n) is 15.4. The van der Waals surface area contributed by atoms with E-state index in [1.54, 1.807) is 22.3 Å². The molecule has 2 aromatic carbocycles. The molecule has 0 spiro atoms. The summed E-state index contributed by atoms with van der Waals surface area (Å²) in [5.41, 5.74) is 9.78. The summed E-state index contributed by atoms with van der Waals surface area (Å²) >= 11 is -2.31. The van der Waals surface area contributed by atoms with Crippen molar-refractivity contribution in [1.82, 2.24) is 0 Å². The van der Waals surface area contributed by atoms with Crippen LogP contribution in [0.4, 0.5) is 0 Å². The predicted octanol–water partition coefficient (Wildman–Crippen LogP) is 11.1. The normalized spacial score (nSPS) is 20.4. The van der Waals surface area contributed by atoms with Crippen LogP contribution in [-0.2, 0) is 32.1 Å². The van der Waals surface area contributed by atoms with E-state index in [1.165, 1.54) is 81.8 Å². The van der Waals surface area contributed by atoms with Crippen LogP contribution in [0.15, 0.2) is 57.9 Å². The first kappa shape index (κ1) is 28.8. The first-order valence-corrected chi connectivity index (χ1v) is 20.4. The average molecular weight is 612 g/mol. The summed E-state index contributed by atoms with van der Waals surface area (Å²) in [6.07, 6.45) is 23.3. The third-order valence-electron chi connectivity index (χ3n) is 10.6. The molecule has 0 heterocycles. The van der Waals surface area contributed by atoms with E-state index in [1.807, 2.05) is 3.28 Å². The first-order valence-electron chi connectivity index (χ1n) is 16.5. The molecule has 40 heavy (non-hydrogen) atoms. The maximum atomic E-state index is 2.60. The van der Waals surface area contributed by atoms with Crippen LogP contribution in [0.1, 0.15) is 138 Å². The van der Waals surface area contributed by atoms with Crippen LogP contribution < -0.4 is 0 Å². The Balaban J connectivity index is 1.62. The fourth-order valence-electron chi connectivity index (χ4n) is 8.28. The van der Waals surface area contributed by atoms with E-state index in [4.69, 9.17) is 0 Å². The number of allylic oxidation sites excluding steroid dienone is 4. The molecule has 4 aliphatic carbocycles. The Bertz CT molecular complexity index is 1260. The molecule has 0 nitrogen and oxygen atoms in total. The average Bonchev–Trinajstić information content (AvgIpc) is 3.58. The van der Waals surface area contributed by atoms with E-state index in [2.05, 4.69) is 99.4 Å². The fraction of sp³-hybridized carbons (Fsp3) is 0.564. The van der Waals surface area contributed by atoms with Crippen molar-refractivity contribution in [2.24, 2.45) is 11.8 Å². The molecular formula is C39H52Zr. The molecule has 2 fully saturated rings. The zero-order valence-electron chi connectivity index (χ0n) is 26.2. The number of benzene rings is 2. The standard InChI is InChI=1S/C21H25.C13H22.C5H5.Zr/c1-20(2,3)16-9-7-14-11-15-8-10-17(21(4,5)6)13-19(15)18(14)12-16;1-3-7-12(8-4-1)11-13-9-5-2-6-10-13;1-2-4-5-3-1;/h7-13H,1-6H3;12-13H,1-10H2;1-3H,4H2;. The van der Waals surface area contributed by atoms with Gasteiger partial charge in [0.25, 0.3) is 0 Å². The zero-order chi connectivity index (χ0) is 28.1. The van der Waals surface area contributed by atoms with Gasteiger partial charge in [-0.2, -0.15) is 0 Å². The molecule has 0 amide bonds. The van der Waals surface area contributed by atoms with Crippen molar-refractivity contribution in [1.29, 1.82) is 0 Å². The third-order valence-corrected chi connectivity index (χ3v) is 19.7. The maximum absolute atomic E-state index is 2.60. The van der Waals surface area contributed by atoms with E-state index in [0.717, 1.165) is 11.8 Å². The van der Waals surface area contributed by atoms with Crippen molar-refractivity contribution < 1.29 is 21.3 Å². The van der Waals surface area contributed by atoms with Crippen molar-refractivity contribution in [3.8, 4) is 11.1 Å². The zero-order valence-corrected chi connectivity index (χ0v) is 28.7. The van der Waals surface area contributed by atoms with Gasteiger partial charge in [0.15, 0.2) is 0 Å². The Morgan fingerprint density at radius 2 is 1.12 bits per heavy atom. The summed E-state index contributed by atoms with van der Waals surface area (Å²) in [4.78, 5) is 0. The quantitative estimate of drug-likeness (QED) is 0.323. The van der Waals surface area contributed by atoms with Crippen LogP contribution in [0.2, 0.25) is 0 Å². The van der Waals surface area contributed by atoms with Gasteiger partial charge in [-0.3, -0.25) is 0 Å². The van der Waals surface area contributed by atoms with Crippen LogP contribution in [0.25, 0.3) is 11.1 Å². The van der Waals surface area contributed by atoms with Gasteiger partial charge in [0.1, 0.15) is 0 Å². The summed E-state index contributed by atoms with van der Waals surface area (Å²) in [5, 5.41) is 0. The number of fused-ring (bicyclic) bond motifs is 3. The molecule has 1 heteroatoms. The number of rotatable bonds is 4. The van der Waals surface area contributed by atoms with Crippen LogP contribution in [0.5, 0.6) is 0 Å². The number of hydrogen-bond acceptors (Lipinski definition) is 0. The summed E-state index contributed by atoms with van der Waals surface area (Å²) < 4.78 is 4.69.